The van der Waals surface area contributed by atoms with Gasteiger partial charge in [-0.2, -0.15) is 0 Å². The van der Waals surface area contributed by atoms with Crippen LogP contribution in [0.4, 0.5) is 22.4 Å². The number of hydrogen-bond acceptors (Lipinski definition) is 14. The lowest BCUT2D eigenvalue weighted by Gasteiger charge is -2.54. The fourth-order valence-electron chi connectivity index (χ4n) is 11.2. The van der Waals surface area contributed by atoms with Crippen molar-refractivity contribution in [2.75, 3.05) is 26.4 Å². The third-order valence-electron chi connectivity index (χ3n) is 16.5. The van der Waals surface area contributed by atoms with E-state index in [-0.39, 0.29) is 58.1 Å². The molecule has 3 aliphatic heterocycles. The Labute approximate surface area is 522 Å². The quantitative estimate of drug-likeness (QED) is 0.0288. The van der Waals surface area contributed by atoms with Gasteiger partial charge in [0.2, 0.25) is 0 Å². The number of ether oxygens (including phenoxy) is 10. The molecule has 3 heterocycles. The summed E-state index contributed by atoms with van der Waals surface area (Å²) in [5.41, 5.74) is 5.60. The van der Waals surface area contributed by atoms with E-state index >= 15 is 17.6 Å². The second kappa shape index (κ2) is 35.3. The number of hydrogen-bond donors (Lipinski definition) is 2. The Balaban J connectivity index is 0.000000269. The predicted molar refractivity (Wildman–Crippen MR) is 330 cm³/mol. The minimum atomic E-state index is -3.72. The molecule has 2 unspecified atom stereocenters. The maximum absolute atomic E-state index is 16.9. The smallest absolute Gasteiger partial charge is 0.408 e. The molecule has 0 saturated carbocycles. The number of rotatable bonds is 27. The first-order valence-electron chi connectivity index (χ1n) is 31.1. The Hall–Kier alpha value is -6.29. The number of halogens is 4. The molecule has 488 valence electrons. The number of carbonyl (C=O) groups excluding carboxylic acids is 3. The van der Waals surface area contributed by atoms with Gasteiger partial charge < -0.3 is 58.4 Å². The standard InChI is InChI=1S/C37H45F2NO7.C29H39F2NO5.C4H8O/c1-5-31-26(3)32(44-23-27-16-10-7-11-17-27)33(45-24-28-18-12-8-13-19-28)36(4,47-31)37(38,39)22-30(34(41)43-6-2)40-35(42)46-25-29-20-14-9-15-21-29;1-5-24-20(3)25(35-18-21-13-9-7-10-14-21)26(36-19-22-15-11-8-12-16-22)28(4,37-24)29(30,31)17-23(32)27(33)34-6-2;1-2-4-5-3-1/h7-21,26,30-33H,5-6,22-25H2,1-4H3,(H,40,42);7-16,20,23-26H,5-6,17-19,32H2,1-4H3;1-4H2/t26-,30?,31+,32-,33+,36+;20-,23?,24+,25-,26+,28+;/m00./s1. The highest BCUT2D eigenvalue weighted by molar-refractivity contribution is 5.81. The second-order valence-corrected chi connectivity index (χ2v) is 23.0. The molecular formula is C70H92F4N2O13. The van der Waals surface area contributed by atoms with Crippen LogP contribution >= 0.6 is 0 Å². The first-order chi connectivity index (χ1) is 42.7. The van der Waals surface area contributed by atoms with Crippen molar-refractivity contribution in [1.29, 1.82) is 0 Å². The van der Waals surface area contributed by atoms with Crippen molar-refractivity contribution >= 4 is 18.0 Å². The number of nitrogens with one attached hydrogen (secondary N) is 1. The minimum absolute atomic E-state index is 0.0284. The largest absolute Gasteiger partial charge is 0.465 e. The number of alkyl halides is 4. The summed E-state index contributed by atoms with van der Waals surface area (Å²) in [4.78, 5) is 37.9. The Morgan fingerprint density at radius 1 is 0.517 bits per heavy atom. The molecule has 0 aliphatic carbocycles. The molecule has 3 N–H and O–H groups in total. The van der Waals surface area contributed by atoms with Gasteiger partial charge in [0.1, 0.15) is 30.9 Å². The molecule has 0 aromatic heterocycles. The van der Waals surface area contributed by atoms with Crippen LogP contribution in [0.25, 0.3) is 0 Å². The number of nitrogens with two attached hydrogens (primary N) is 1. The van der Waals surface area contributed by atoms with E-state index in [1.165, 1.54) is 26.7 Å². The van der Waals surface area contributed by atoms with Gasteiger partial charge >= 0.3 is 18.0 Å². The van der Waals surface area contributed by atoms with Crippen molar-refractivity contribution in [1.82, 2.24) is 5.32 Å². The maximum atomic E-state index is 16.9. The Morgan fingerprint density at radius 2 is 0.854 bits per heavy atom. The lowest BCUT2D eigenvalue weighted by Crippen LogP contribution is -2.69. The molecule has 0 bridgehead atoms. The van der Waals surface area contributed by atoms with E-state index in [0.717, 1.165) is 35.5 Å². The van der Waals surface area contributed by atoms with Crippen molar-refractivity contribution in [3.05, 3.63) is 179 Å². The zero-order valence-corrected chi connectivity index (χ0v) is 52.7. The van der Waals surface area contributed by atoms with Crippen LogP contribution in [0, 0.1) is 11.8 Å². The molecule has 0 radical (unpaired) electrons. The summed E-state index contributed by atoms with van der Waals surface area (Å²) in [6.07, 6.45) is -4.59. The molecule has 0 spiro atoms. The molecule has 8 rings (SSSR count). The molecule has 19 heteroatoms. The van der Waals surface area contributed by atoms with E-state index in [2.05, 4.69) is 5.32 Å². The highest BCUT2D eigenvalue weighted by atomic mass is 19.3. The van der Waals surface area contributed by atoms with Gasteiger partial charge in [0, 0.05) is 37.9 Å². The molecular weight excluding hydrogens is 1150 g/mol. The van der Waals surface area contributed by atoms with Gasteiger partial charge in [-0.1, -0.05) is 179 Å². The number of carbonyl (C=O) groups is 3. The second-order valence-electron chi connectivity index (χ2n) is 23.0. The average molecular weight is 1250 g/mol. The molecule has 12 atom stereocenters. The van der Waals surface area contributed by atoms with Crippen molar-refractivity contribution in [2.45, 2.75) is 199 Å². The van der Waals surface area contributed by atoms with E-state index in [0.29, 0.717) is 18.4 Å². The van der Waals surface area contributed by atoms with E-state index in [1.807, 2.05) is 155 Å². The zero-order chi connectivity index (χ0) is 64.5. The molecule has 15 nitrogen and oxygen atoms in total. The monoisotopic (exact) mass is 1240 g/mol. The third-order valence-corrected chi connectivity index (χ3v) is 16.5. The zero-order valence-electron chi connectivity index (χ0n) is 52.7. The fraction of sp³-hybridized carbons (Fsp3) is 0.529. The van der Waals surface area contributed by atoms with Crippen LogP contribution in [0.15, 0.2) is 152 Å². The van der Waals surface area contributed by atoms with E-state index in [4.69, 9.17) is 53.1 Å². The lowest BCUT2D eigenvalue weighted by atomic mass is 9.76. The summed E-state index contributed by atoms with van der Waals surface area (Å²) in [5.74, 6) is -9.66. The molecule has 3 saturated heterocycles. The molecule has 89 heavy (non-hydrogen) atoms. The summed E-state index contributed by atoms with van der Waals surface area (Å²) >= 11 is 0. The molecule has 3 aliphatic rings. The predicted octanol–water partition coefficient (Wildman–Crippen LogP) is 13.3. The Kier molecular flexibility index (Phi) is 28.5. The van der Waals surface area contributed by atoms with E-state index < -0.39 is 103 Å². The minimum Gasteiger partial charge on any atom is -0.465 e. The summed E-state index contributed by atoms with van der Waals surface area (Å²) < 4.78 is 124. The van der Waals surface area contributed by atoms with Gasteiger partial charge in [-0.15, -0.1) is 0 Å². The van der Waals surface area contributed by atoms with Gasteiger partial charge in [-0.05, 0) is 81.2 Å². The van der Waals surface area contributed by atoms with Crippen LogP contribution in [0.2, 0.25) is 0 Å². The van der Waals surface area contributed by atoms with Crippen molar-refractivity contribution in [2.24, 2.45) is 17.6 Å². The summed E-state index contributed by atoms with van der Waals surface area (Å²) in [7, 11) is 0. The molecule has 1 amide bonds. The fourth-order valence-corrected chi connectivity index (χ4v) is 11.2. The van der Waals surface area contributed by atoms with Gasteiger partial charge in [0.25, 0.3) is 11.8 Å². The number of amides is 1. The Bertz CT molecular complexity index is 2820. The van der Waals surface area contributed by atoms with Crippen LogP contribution < -0.4 is 11.1 Å². The van der Waals surface area contributed by atoms with Crippen LogP contribution in [0.5, 0.6) is 0 Å². The van der Waals surface area contributed by atoms with E-state index in [1.54, 1.807) is 38.1 Å². The summed E-state index contributed by atoms with van der Waals surface area (Å²) in [6, 6.07) is 43.2. The van der Waals surface area contributed by atoms with E-state index in [9.17, 15) is 14.4 Å². The van der Waals surface area contributed by atoms with Crippen LogP contribution in [0.3, 0.4) is 0 Å². The lowest BCUT2D eigenvalue weighted by molar-refractivity contribution is -0.332. The topological polar surface area (TPSA) is 182 Å². The highest BCUT2D eigenvalue weighted by Gasteiger charge is 2.66. The SMILES string of the molecule is C1CCOC1.CCOC(=O)C(CC(F)(F)[C@]1(C)O[C@H](CC)[C@H](C)[C@H](OCc2ccccc2)[C@H]1OCc1ccccc1)NC(=O)OCc1ccccc1.CCOC(=O)C(N)CC(F)(F)[C@]1(C)O[C@H](CC)[C@H](C)[C@H](OCc2ccccc2)[C@H]1OCc1ccccc1. The van der Waals surface area contributed by atoms with Crippen molar-refractivity contribution in [3.63, 3.8) is 0 Å². The van der Waals surface area contributed by atoms with Crippen LogP contribution in [-0.2, 0) is 90.0 Å². The molecule has 3 fully saturated rings. The summed E-state index contributed by atoms with van der Waals surface area (Å²) in [6.45, 7) is 15.8. The normalized spacial score (nSPS) is 25.0. The number of alkyl carbamates (subject to hydrolysis) is 1. The van der Waals surface area contributed by atoms with Crippen molar-refractivity contribution < 1.29 is 79.3 Å². The third kappa shape index (κ3) is 20.4. The number of benzene rings is 5. The van der Waals surface area contributed by atoms with Crippen LogP contribution in [0.1, 0.15) is 122 Å². The van der Waals surface area contributed by atoms with Crippen LogP contribution in [-0.4, -0.2) is 116 Å². The van der Waals surface area contributed by atoms with Gasteiger partial charge in [0.15, 0.2) is 11.2 Å². The highest BCUT2D eigenvalue weighted by Crippen LogP contribution is 2.50. The molecule has 5 aromatic carbocycles. The van der Waals surface area contributed by atoms with Crippen molar-refractivity contribution in [3.8, 4) is 0 Å². The average Bonchev–Trinajstić information content (AvgIpc) is 0.895. The maximum Gasteiger partial charge on any atom is 0.408 e. The first-order valence-corrected chi connectivity index (χ1v) is 31.1. The number of esters is 2. The van der Waals surface area contributed by atoms with Gasteiger partial charge in [-0.25, -0.2) is 27.2 Å². The van der Waals surface area contributed by atoms with Gasteiger partial charge in [0.05, 0.1) is 64.1 Å². The molecule has 5 aromatic rings. The summed E-state index contributed by atoms with van der Waals surface area (Å²) in [5, 5.41) is 2.31. The first kappa shape index (κ1) is 71.8. The van der Waals surface area contributed by atoms with Gasteiger partial charge in [-0.3, -0.25) is 4.79 Å². The Morgan fingerprint density at radius 3 is 1.19 bits per heavy atom.